The van der Waals surface area contributed by atoms with Crippen molar-refractivity contribution in [3.05, 3.63) is 53.6 Å². The van der Waals surface area contributed by atoms with E-state index in [0.29, 0.717) is 18.0 Å². The number of amides is 1. The van der Waals surface area contributed by atoms with Crippen LogP contribution in [0.15, 0.2) is 42.5 Å². The molecule has 0 aliphatic rings. The van der Waals surface area contributed by atoms with Crippen molar-refractivity contribution in [1.82, 2.24) is 0 Å². The van der Waals surface area contributed by atoms with Crippen molar-refractivity contribution in [3.8, 4) is 11.5 Å². The second-order valence-corrected chi connectivity index (χ2v) is 5.46. The van der Waals surface area contributed by atoms with E-state index in [9.17, 15) is 4.79 Å². The van der Waals surface area contributed by atoms with Crippen LogP contribution in [0.3, 0.4) is 0 Å². The number of anilines is 1. The molecule has 0 aromatic heterocycles. The number of ether oxygens (including phenoxy) is 2. The quantitative estimate of drug-likeness (QED) is 0.873. The van der Waals surface area contributed by atoms with Gasteiger partial charge < -0.3 is 14.8 Å². The zero-order valence-corrected chi connectivity index (χ0v) is 14.1. The summed E-state index contributed by atoms with van der Waals surface area (Å²) in [6.07, 6.45) is -0.590. The Morgan fingerprint density at radius 3 is 2.57 bits per heavy atom. The highest BCUT2D eigenvalue weighted by atomic mass is 16.5. The Morgan fingerprint density at radius 2 is 1.87 bits per heavy atom. The van der Waals surface area contributed by atoms with Gasteiger partial charge in [-0.2, -0.15) is 0 Å². The monoisotopic (exact) mass is 313 g/mol. The summed E-state index contributed by atoms with van der Waals surface area (Å²) in [5, 5.41) is 2.84. The van der Waals surface area contributed by atoms with Gasteiger partial charge in [0, 0.05) is 11.8 Å². The number of carbonyl (C=O) groups is 1. The minimum atomic E-state index is -0.590. The maximum Gasteiger partial charge on any atom is 0.265 e. The Balaban J connectivity index is 1.99. The number of rotatable bonds is 6. The molecule has 1 N–H and O–H groups in total. The topological polar surface area (TPSA) is 47.6 Å². The normalized spacial score (nSPS) is 11.7. The molecule has 2 aromatic rings. The third-order valence-electron chi connectivity index (χ3n) is 3.57. The van der Waals surface area contributed by atoms with Crippen molar-refractivity contribution >= 4 is 11.6 Å². The zero-order chi connectivity index (χ0) is 16.8. The van der Waals surface area contributed by atoms with E-state index in [4.69, 9.17) is 9.47 Å². The molecule has 0 heterocycles. The van der Waals surface area contributed by atoms with E-state index < -0.39 is 6.10 Å². The maximum atomic E-state index is 12.3. The van der Waals surface area contributed by atoms with E-state index in [1.807, 2.05) is 57.2 Å². The number of benzene rings is 2. The number of hydrogen-bond donors (Lipinski definition) is 1. The SMILES string of the molecule is CCOc1cccc(NC(=O)C(C)Oc2ccc(C)c(C)c2)c1. The minimum Gasteiger partial charge on any atom is -0.494 e. The molecule has 0 radical (unpaired) electrons. The Bertz CT molecular complexity index is 682. The fourth-order valence-corrected chi connectivity index (χ4v) is 2.12. The van der Waals surface area contributed by atoms with Crippen molar-refractivity contribution in [2.24, 2.45) is 0 Å². The molecule has 0 fully saturated rings. The average Bonchev–Trinajstić information content (AvgIpc) is 2.51. The predicted molar refractivity (Wildman–Crippen MR) is 92.2 cm³/mol. The zero-order valence-electron chi connectivity index (χ0n) is 14.1. The van der Waals surface area contributed by atoms with E-state index in [1.54, 1.807) is 13.0 Å². The lowest BCUT2D eigenvalue weighted by Crippen LogP contribution is -2.30. The number of nitrogens with one attached hydrogen (secondary N) is 1. The van der Waals surface area contributed by atoms with Crippen LogP contribution in [0.25, 0.3) is 0 Å². The smallest absolute Gasteiger partial charge is 0.265 e. The lowest BCUT2D eigenvalue weighted by Gasteiger charge is -2.16. The molecule has 23 heavy (non-hydrogen) atoms. The molecule has 0 spiro atoms. The maximum absolute atomic E-state index is 12.3. The van der Waals surface area contributed by atoms with Crippen LogP contribution in [0.2, 0.25) is 0 Å². The van der Waals surface area contributed by atoms with E-state index in [2.05, 4.69) is 5.32 Å². The van der Waals surface area contributed by atoms with Crippen LogP contribution in [0.1, 0.15) is 25.0 Å². The first-order chi connectivity index (χ1) is 11.0. The molecular weight excluding hydrogens is 290 g/mol. The second kappa shape index (κ2) is 7.68. The van der Waals surface area contributed by atoms with Gasteiger partial charge in [-0.1, -0.05) is 12.1 Å². The van der Waals surface area contributed by atoms with Gasteiger partial charge in [-0.3, -0.25) is 4.79 Å². The summed E-state index contributed by atoms with van der Waals surface area (Å²) in [5.41, 5.74) is 3.03. The van der Waals surface area contributed by atoms with Crippen LogP contribution in [0.4, 0.5) is 5.69 Å². The van der Waals surface area contributed by atoms with Crippen molar-refractivity contribution in [2.45, 2.75) is 33.8 Å². The van der Waals surface area contributed by atoms with Gasteiger partial charge in [-0.05, 0) is 63.1 Å². The molecule has 0 bridgehead atoms. The fourth-order valence-electron chi connectivity index (χ4n) is 2.12. The molecule has 4 heteroatoms. The first-order valence-electron chi connectivity index (χ1n) is 7.77. The summed E-state index contributed by atoms with van der Waals surface area (Å²) in [6, 6.07) is 13.1. The standard InChI is InChI=1S/C19H23NO3/c1-5-22-17-8-6-7-16(12-17)20-19(21)15(4)23-18-10-9-13(2)14(3)11-18/h6-12,15H,5H2,1-4H3,(H,20,21). The lowest BCUT2D eigenvalue weighted by molar-refractivity contribution is -0.122. The van der Waals surface area contributed by atoms with E-state index >= 15 is 0 Å². The van der Waals surface area contributed by atoms with Crippen LogP contribution in [0.5, 0.6) is 11.5 Å². The minimum absolute atomic E-state index is 0.197. The molecule has 122 valence electrons. The van der Waals surface area contributed by atoms with Crippen LogP contribution in [0, 0.1) is 13.8 Å². The molecule has 1 amide bonds. The highest BCUT2D eigenvalue weighted by molar-refractivity contribution is 5.94. The molecule has 1 atom stereocenters. The van der Waals surface area contributed by atoms with Gasteiger partial charge in [-0.15, -0.1) is 0 Å². The van der Waals surface area contributed by atoms with Gasteiger partial charge in [0.2, 0.25) is 0 Å². The van der Waals surface area contributed by atoms with Gasteiger partial charge in [0.1, 0.15) is 11.5 Å². The highest BCUT2D eigenvalue weighted by Crippen LogP contribution is 2.20. The van der Waals surface area contributed by atoms with Crippen molar-refractivity contribution in [3.63, 3.8) is 0 Å². The number of aryl methyl sites for hydroxylation is 2. The summed E-state index contributed by atoms with van der Waals surface area (Å²) in [4.78, 5) is 12.3. The third kappa shape index (κ3) is 4.74. The Morgan fingerprint density at radius 1 is 1.09 bits per heavy atom. The van der Waals surface area contributed by atoms with Gasteiger partial charge in [-0.25, -0.2) is 0 Å². The average molecular weight is 313 g/mol. The third-order valence-corrected chi connectivity index (χ3v) is 3.57. The summed E-state index contributed by atoms with van der Waals surface area (Å²) in [5.74, 6) is 1.23. The molecule has 0 saturated heterocycles. The van der Waals surface area contributed by atoms with E-state index in [-0.39, 0.29) is 5.91 Å². The predicted octanol–water partition coefficient (Wildman–Crippen LogP) is 4.11. The summed E-state index contributed by atoms with van der Waals surface area (Å²) in [7, 11) is 0. The largest absolute Gasteiger partial charge is 0.494 e. The molecule has 2 rings (SSSR count). The van der Waals surface area contributed by atoms with Crippen LogP contribution in [-0.2, 0) is 4.79 Å². The van der Waals surface area contributed by atoms with Gasteiger partial charge >= 0.3 is 0 Å². The van der Waals surface area contributed by atoms with Crippen molar-refractivity contribution < 1.29 is 14.3 Å². The first-order valence-corrected chi connectivity index (χ1v) is 7.77. The number of carbonyl (C=O) groups excluding carboxylic acids is 1. The van der Waals surface area contributed by atoms with Crippen LogP contribution in [-0.4, -0.2) is 18.6 Å². The molecule has 0 saturated carbocycles. The van der Waals surface area contributed by atoms with Crippen molar-refractivity contribution in [1.29, 1.82) is 0 Å². The molecule has 2 aromatic carbocycles. The molecule has 1 unspecified atom stereocenters. The van der Waals surface area contributed by atoms with Crippen LogP contribution < -0.4 is 14.8 Å². The van der Waals surface area contributed by atoms with Gasteiger partial charge in [0.25, 0.3) is 5.91 Å². The van der Waals surface area contributed by atoms with Gasteiger partial charge in [0.15, 0.2) is 6.10 Å². The summed E-state index contributed by atoms with van der Waals surface area (Å²) in [6.45, 7) is 8.30. The Hall–Kier alpha value is -2.49. The summed E-state index contributed by atoms with van der Waals surface area (Å²) >= 11 is 0. The highest BCUT2D eigenvalue weighted by Gasteiger charge is 2.15. The lowest BCUT2D eigenvalue weighted by atomic mass is 10.1. The molecule has 0 aliphatic heterocycles. The second-order valence-electron chi connectivity index (χ2n) is 5.46. The Kier molecular flexibility index (Phi) is 5.63. The molecular formula is C19H23NO3. The Labute approximate surface area is 137 Å². The fraction of sp³-hybridized carbons (Fsp3) is 0.316. The molecule has 4 nitrogen and oxygen atoms in total. The number of hydrogen-bond acceptors (Lipinski definition) is 3. The molecule has 0 aliphatic carbocycles. The summed E-state index contributed by atoms with van der Waals surface area (Å²) < 4.78 is 11.1. The van der Waals surface area contributed by atoms with Crippen LogP contribution >= 0.6 is 0 Å². The van der Waals surface area contributed by atoms with E-state index in [0.717, 1.165) is 11.3 Å². The van der Waals surface area contributed by atoms with Gasteiger partial charge in [0.05, 0.1) is 6.61 Å². The van der Waals surface area contributed by atoms with E-state index in [1.165, 1.54) is 5.56 Å². The first kappa shape index (κ1) is 16.9. The van der Waals surface area contributed by atoms with Crippen molar-refractivity contribution in [2.75, 3.05) is 11.9 Å².